The number of amides is 2. The van der Waals surface area contributed by atoms with E-state index in [9.17, 15) is 14.7 Å². The molecule has 0 heterocycles. The SMILES string of the molecule is C#CCCCNC(=O)NC(C(=O)O)C1CCCCC1. The smallest absolute Gasteiger partial charge is 0.326 e. The van der Waals surface area contributed by atoms with Crippen LogP contribution in [-0.4, -0.2) is 29.7 Å². The number of carboxylic acid groups (broad SMARTS) is 1. The zero-order chi connectivity index (χ0) is 14.1. The van der Waals surface area contributed by atoms with Gasteiger partial charge in [-0.1, -0.05) is 19.3 Å². The van der Waals surface area contributed by atoms with Gasteiger partial charge >= 0.3 is 12.0 Å². The molecule has 5 nitrogen and oxygen atoms in total. The van der Waals surface area contributed by atoms with Crippen LogP contribution in [0.5, 0.6) is 0 Å². The maximum Gasteiger partial charge on any atom is 0.326 e. The van der Waals surface area contributed by atoms with Gasteiger partial charge in [0.05, 0.1) is 0 Å². The van der Waals surface area contributed by atoms with Crippen LogP contribution in [-0.2, 0) is 4.79 Å². The van der Waals surface area contributed by atoms with Crippen molar-refractivity contribution < 1.29 is 14.7 Å². The Morgan fingerprint density at radius 1 is 1.32 bits per heavy atom. The molecular weight excluding hydrogens is 244 g/mol. The van der Waals surface area contributed by atoms with Crippen LogP contribution in [0.4, 0.5) is 4.79 Å². The monoisotopic (exact) mass is 266 g/mol. The Morgan fingerprint density at radius 3 is 2.58 bits per heavy atom. The highest BCUT2D eigenvalue weighted by atomic mass is 16.4. The van der Waals surface area contributed by atoms with E-state index in [1.807, 2.05) is 0 Å². The zero-order valence-electron chi connectivity index (χ0n) is 11.2. The van der Waals surface area contributed by atoms with Gasteiger partial charge in [0, 0.05) is 13.0 Å². The van der Waals surface area contributed by atoms with Gasteiger partial charge in [0.15, 0.2) is 0 Å². The van der Waals surface area contributed by atoms with E-state index in [1.165, 1.54) is 0 Å². The molecule has 106 valence electrons. The molecule has 2 amide bonds. The van der Waals surface area contributed by atoms with E-state index in [-0.39, 0.29) is 5.92 Å². The predicted octanol–water partition coefficient (Wildman–Crippen LogP) is 1.73. The minimum absolute atomic E-state index is 0.0442. The van der Waals surface area contributed by atoms with E-state index in [0.29, 0.717) is 19.4 Å². The predicted molar refractivity (Wildman–Crippen MR) is 72.6 cm³/mol. The number of hydrogen-bond donors (Lipinski definition) is 3. The molecule has 0 aromatic heterocycles. The molecule has 0 aliphatic heterocycles. The van der Waals surface area contributed by atoms with Gasteiger partial charge in [-0.25, -0.2) is 9.59 Å². The van der Waals surface area contributed by atoms with E-state index >= 15 is 0 Å². The first-order chi connectivity index (χ1) is 9.15. The summed E-state index contributed by atoms with van der Waals surface area (Å²) in [6, 6.07) is -1.21. The van der Waals surface area contributed by atoms with Gasteiger partial charge in [0.2, 0.25) is 0 Å². The van der Waals surface area contributed by atoms with Crippen LogP contribution >= 0.6 is 0 Å². The number of nitrogens with one attached hydrogen (secondary N) is 2. The summed E-state index contributed by atoms with van der Waals surface area (Å²) in [5, 5.41) is 14.4. The summed E-state index contributed by atoms with van der Waals surface area (Å²) < 4.78 is 0. The molecule has 0 aromatic carbocycles. The topological polar surface area (TPSA) is 78.4 Å². The molecule has 0 spiro atoms. The first kappa shape index (κ1) is 15.4. The van der Waals surface area contributed by atoms with Crippen molar-refractivity contribution in [1.29, 1.82) is 0 Å². The van der Waals surface area contributed by atoms with Crippen molar-refractivity contribution in [3.63, 3.8) is 0 Å². The number of rotatable bonds is 6. The third kappa shape index (κ3) is 5.64. The molecule has 0 radical (unpaired) electrons. The largest absolute Gasteiger partial charge is 0.480 e. The minimum atomic E-state index is -0.953. The quantitative estimate of drug-likeness (QED) is 0.506. The highest BCUT2D eigenvalue weighted by molar-refractivity contribution is 5.82. The van der Waals surface area contributed by atoms with E-state index in [0.717, 1.165) is 32.1 Å². The fourth-order valence-corrected chi connectivity index (χ4v) is 2.43. The van der Waals surface area contributed by atoms with Crippen molar-refractivity contribution in [3.8, 4) is 12.3 Å². The Kier molecular flexibility index (Phi) is 6.80. The summed E-state index contributed by atoms with van der Waals surface area (Å²) in [5.41, 5.74) is 0. The molecule has 1 unspecified atom stereocenters. The molecule has 1 saturated carbocycles. The fourth-order valence-electron chi connectivity index (χ4n) is 2.43. The van der Waals surface area contributed by atoms with Crippen molar-refractivity contribution in [1.82, 2.24) is 10.6 Å². The number of carbonyl (C=O) groups excluding carboxylic acids is 1. The average molecular weight is 266 g/mol. The van der Waals surface area contributed by atoms with E-state index < -0.39 is 18.0 Å². The van der Waals surface area contributed by atoms with Gasteiger partial charge in [0.25, 0.3) is 0 Å². The lowest BCUT2D eigenvalue weighted by Gasteiger charge is -2.28. The van der Waals surface area contributed by atoms with Crippen LogP contribution in [0.3, 0.4) is 0 Å². The van der Waals surface area contributed by atoms with Crippen LogP contribution in [0.1, 0.15) is 44.9 Å². The number of urea groups is 1. The maximum absolute atomic E-state index is 11.6. The molecule has 1 fully saturated rings. The van der Waals surface area contributed by atoms with Gasteiger partial charge in [0.1, 0.15) is 6.04 Å². The molecular formula is C14H22N2O3. The minimum Gasteiger partial charge on any atom is -0.480 e. The fraction of sp³-hybridized carbons (Fsp3) is 0.714. The molecule has 0 saturated heterocycles. The lowest BCUT2D eigenvalue weighted by molar-refractivity contribution is -0.141. The Morgan fingerprint density at radius 2 is 2.00 bits per heavy atom. The van der Waals surface area contributed by atoms with E-state index in [2.05, 4.69) is 16.6 Å². The van der Waals surface area contributed by atoms with Crippen molar-refractivity contribution in [2.45, 2.75) is 51.0 Å². The van der Waals surface area contributed by atoms with Crippen LogP contribution in [0.2, 0.25) is 0 Å². The Labute approximate surface area is 114 Å². The molecule has 0 aromatic rings. The molecule has 1 atom stereocenters. The lowest BCUT2D eigenvalue weighted by Crippen LogP contribution is -2.50. The van der Waals surface area contributed by atoms with Crippen LogP contribution in [0, 0.1) is 18.3 Å². The summed E-state index contributed by atoms with van der Waals surface area (Å²) in [7, 11) is 0. The highest BCUT2D eigenvalue weighted by Crippen LogP contribution is 2.26. The normalized spacial score (nSPS) is 17.2. The standard InChI is InChI=1S/C14H22N2O3/c1-2-3-7-10-15-14(19)16-12(13(17)18)11-8-5-4-6-9-11/h1,11-12H,3-10H2,(H,17,18)(H2,15,16,19). The first-order valence-corrected chi connectivity index (χ1v) is 6.85. The summed E-state index contributed by atoms with van der Waals surface area (Å²) in [6.07, 6.45) is 11.4. The second kappa shape index (κ2) is 8.41. The number of hydrogen-bond acceptors (Lipinski definition) is 2. The number of unbranched alkanes of at least 4 members (excludes halogenated alkanes) is 1. The molecule has 5 heteroatoms. The second-order valence-electron chi connectivity index (χ2n) is 4.92. The molecule has 19 heavy (non-hydrogen) atoms. The summed E-state index contributed by atoms with van der Waals surface area (Å²) in [4.78, 5) is 22.9. The van der Waals surface area contributed by atoms with E-state index in [4.69, 9.17) is 6.42 Å². The number of terminal acetylenes is 1. The molecule has 3 N–H and O–H groups in total. The average Bonchev–Trinajstić information content (AvgIpc) is 2.41. The second-order valence-corrected chi connectivity index (χ2v) is 4.92. The third-order valence-corrected chi connectivity index (χ3v) is 3.46. The third-order valence-electron chi connectivity index (χ3n) is 3.46. The van der Waals surface area contributed by atoms with Crippen LogP contribution in [0.25, 0.3) is 0 Å². The molecule has 1 aliphatic rings. The Balaban J connectivity index is 2.38. The van der Waals surface area contributed by atoms with Gasteiger partial charge in [-0.2, -0.15) is 0 Å². The van der Waals surface area contributed by atoms with Gasteiger partial charge in [-0.05, 0) is 25.2 Å². The van der Waals surface area contributed by atoms with Crippen LogP contribution < -0.4 is 10.6 Å². The van der Waals surface area contributed by atoms with Gasteiger partial charge in [-0.15, -0.1) is 12.3 Å². The van der Waals surface area contributed by atoms with Crippen molar-refractivity contribution in [3.05, 3.63) is 0 Å². The number of carboxylic acids is 1. The van der Waals surface area contributed by atoms with Crippen molar-refractivity contribution in [2.24, 2.45) is 5.92 Å². The summed E-state index contributed by atoms with van der Waals surface area (Å²) >= 11 is 0. The van der Waals surface area contributed by atoms with Crippen molar-refractivity contribution in [2.75, 3.05) is 6.54 Å². The number of aliphatic carboxylic acids is 1. The Bertz CT molecular complexity index is 343. The summed E-state index contributed by atoms with van der Waals surface area (Å²) in [5.74, 6) is 1.58. The maximum atomic E-state index is 11.6. The molecule has 1 rings (SSSR count). The summed E-state index contributed by atoms with van der Waals surface area (Å²) in [6.45, 7) is 0.465. The van der Waals surface area contributed by atoms with Crippen LogP contribution in [0.15, 0.2) is 0 Å². The lowest BCUT2D eigenvalue weighted by atomic mass is 9.84. The first-order valence-electron chi connectivity index (χ1n) is 6.85. The van der Waals surface area contributed by atoms with Gasteiger partial charge in [-0.3, -0.25) is 0 Å². The number of carbonyl (C=O) groups is 2. The molecule has 0 bridgehead atoms. The highest BCUT2D eigenvalue weighted by Gasteiger charge is 2.30. The van der Waals surface area contributed by atoms with Gasteiger partial charge < -0.3 is 15.7 Å². The molecule has 1 aliphatic carbocycles. The van der Waals surface area contributed by atoms with E-state index in [1.54, 1.807) is 0 Å². The Hall–Kier alpha value is -1.70. The van der Waals surface area contributed by atoms with Crippen molar-refractivity contribution >= 4 is 12.0 Å². The zero-order valence-corrected chi connectivity index (χ0v) is 11.2.